The van der Waals surface area contributed by atoms with E-state index in [4.69, 9.17) is 4.74 Å². The Bertz CT molecular complexity index is 625. The van der Waals surface area contributed by atoms with Crippen LogP contribution in [0.1, 0.15) is 22.4 Å². The summed E-state index contributed by atoms with van der Waals surface area (Å²) in [6, 6.07) is 7.75. The highest BCUT2D eigenvalue weighted by Gasteiger charge is 2.09. The number of hydrogen-bond acceptors (Lipinski definition) is 3. The Morgan fingerprint density at radius 3 is 2.38 bits per heavy atom. The Morgan fingerprint density at radius 1 is 1.14 bits per heavy atom. The van der Waals surface area contributed by atoms with Gasteiger partial charge in [0.1, 0.15) is 5.75 Å². The second-order valence-electron chi connectivity index (χ2n) is 5.25. The molecule has 1 heterocycles. The zero-order valence-corrected chi connectivity index (χ0v) is 12.9. The number of hydrogen-bond donors (Lipinski definition) is 1. The second-order valence-corrected chi connectivity index (χ2v) is 5.25. The van der Waals surface area contributed by atoms with Gasteiger partial charge in [-0.15, -0.1) is 0 Å². The summed E-state index contributed by atoms with van der Waals surface area (Å²) in [4.78, 5) is 16.1. The number of anilines is 1. The SMILES string of the molecule is Cc1cc(C)c(NC(=O)COc2ccc(C)nc2)c(C)c1. The number of aromatic nitrogens is 1. The van der Waals surface area contributed by atoms with Crippen molar-refractivity contribution in [2.45, 2.75) is 27.7 Å². The Labute approximate surface area is 125 Å². The third-order valence-electron chi connectivity index (χ3n) is 3.20. The molecule has 21 heavy (non-hydrogen) atoms. The van der Waals surface area contributed by atoms with Crippen LogP contribution in [0.15, 0.2) is 30.5 Å². The van der Waals surface area contributed by atoms with E-state index < -0.39 is 0 Å². The van der Waals surface area contributed by atoms with Crippen LogP contribution >= 0.6 is 0 Å². The molecule has 0 atom stereocenters. The van der Waals surface area contributed by atoms with Crippen LogP contribution in [0.3, 0.4) is 0 Å². The Morgan fingerprint density at radius 2 is 1.81 bits per heavy atom. The van der Waals surface area contributed by atoms with Gasteiger partial charge in [0.15, 0.2) is 6.61 Å². The molecule has 4 heteroatoms. The average molecular weight is 284 g/mol. The highest BCUT2D eigenvalue weighted by molar-refractivity contribution is 5.93. The maximum Gasteiger partial charge on any atom is 0.262 e. The molecule has 0 saturated heterocycles. The molecule has 0 unspecified atom stereocenters. The van der Waals surface area contributed by atoms with Gasteiger partial charge in [0.2, 0.25) is 0 Å². The topological polar surface area (TPSA) is 51.2 Å². The molecule has 2 aromatic rings. The first-order valence-corrected chi connectivity index (χ1v) is 6.89. The molecule has 0 aliphatic rings. The zero-order valence-electron chi connectivity index (χ0n) is 12.9. The molecule has 0 fully saturated rings. The highest BCUT2D eigenvalue weighted by Crippen LogP contribution is 2.21. The monoisotopic (exact) mass is 284 g/mol. The Balaban J connectivity index is 1.97. The first kappa shape index (κ1) is 15.0. The molecule has 0 bridgehead atoms. The van der Waals surface area contributed by atoms with Gasteiger partial charge in [0.05, 0.1) is 6.20 Å². The summed E-state index contributed by atoms with van der Waals surface area (Å²) in [6.45, 7) is 7.89. The summed E-state index contributed by atoms with van der Waals surface area (Å²) < 4.78 is 5.42. The van der Waals surface area contributed by atoms with Crippen molar-refractivity contribution >= 4 is 11.6 Å². The summed E-state index contributed by atoms with van der Waals surface area (Å²) in [5, 5.41) is 2.90. The summed E-state index contributed by atoms with van der Waals surface area (Å²) in [6.07, 6.45) is 1.62. The van der Waals surface area contributed by atoms with Crippen LogP contribution < -0.4 is 10.1 Å². The molecule has 110 valence electrons. The molecule has 1 N–H and O–H groups in total. The van der Waals surface area contributed by atoms with Crippen LogP contribution in [0, 0.1) is 27.7 Å². The normalized spacial score (nSPS) is 10.3. The van der Waals surface area contributed by atoms with Gasteiger partial charge in [-0.3, -0.25) is 9.78 Å². The van der Waals surface area contributed by atoms with Crippen molar-refractivity contribution in [3.8, 4) is 5.75 Å². The number of nitrogens with zero attached hydrogens (tertiary/aromatic N) is 1. The van der Waals surface area contributed by atoms with E-state index in [1.54, 1.807) is 12.3 Å². The van der Waals surface area contributed by atoms with E-state index in [0.717, 1.165) is 22.5 Å². The first-order valence-electron chi connectivity index (χ1n) is 6.89. The van der Waals surface area contributed by atoms with Crippen LogP contribution in [-0.4, -0.2) is 17.5 Å². The maximum atomic E-state index is 12.0. The molecule has 0 aliphatic heterocycles. The Kier molecular flexibility index (Phi) is 4.58. The smallest absolute Gasteiger partial charge is 0.262 e. The predicted molar refractivity (Wildman–Crippen MR) is 83.8 cm³/mol. The van der Waals surface area contributed by atoms with Gasteiger partial charge in [-0.25, -0.2) is 0 Å². The molecular formula is C17H20N2O2. The molecule has 0 saturated carbocycles. The van der Waals surface area contributed by atoms with E-state index in [-0.39, 0.29) is 12.5 Å². The van der Waals surface area contributed by atoms with E-state index in [1.807, 2.05) is 45.9 Å². The molecule has 2 rings (SSSR count). The number of carbonyl (C=O) groups excluding carboxylic acids is 1. The molecule has 1 aromatic heterocycles. The molecule has 0 aliphatic carbocycles. The number of aryl methyl sites for hydroxylation is 4. The fourth-order valence-electron chi connectivity index (χ4n) is 2.24. The van der Waals surface area contributed by atoms with Gasteiger partial charge < -0.3 is 10.1 Å². The fourth-order valence-corrected chi connectivity index (χ4v) is 2.24. The zero-order chi connectivity index (χ0) is 15.4. The van der Waals surface area contributed by atoms with Gasteiger partial charge >= 0.3 is 0 Å². The lowest BCUT2D eigenvalue weighted by Crippen LogP contribution is -2.21. The maximum absolute atomic E-state index is 12.0. The summed E-state index contributed by atoms with van der Waals surface area (Å²) in [7, 11) is 0. The molecular weight excluding hydrogens is 264 g/mol. The van der Waals surface area contributed by atoms with Gasteiger partial charge in [0, 0.05) is 11.4 Å². The largest absolute Gasteiger partial charge is 0.482 e. The minimum absolute atomic E-state index is 0.0303. The first-order chi connectivity index (χ1) is 9.95. The number of amides is 1. The van der Waals surface area contributed by atoms with Crippen molar-refractivity contribution in [1.29, 1.82) is 0 Å². The molecule has 1 amide bonds. The lowest BCUT2D eigenvalue weighted by Gasteiger charge is -2.13. The Hall–Kier alpha value is -2.36. The quantitative estimate of drug-likeness (QED) is 0.937. The van der Waals surface area contributed by atoms with E-state index in [0.29, 0.717) is 5.75 Å². The fraction of sp³-hybridized carbons (Fsp3) is 0.294. The van der Waals surface area contributed by atoms with Crippen LogP contribution in [0.4, 0.5) is 5.69 Å². The van der Waals surface area contributed by atoms with E-state index in [9.17, 15) is 4.79 Å². The standard InChI is InChI=1S/C17H20N2O2/c1-11-7-12(2)17(13(3)8-11)19-16(20)10-21-15-6-5-14(4)18-9-15/h5-9H,10H2,1-4H3,(H,19,20). The second kappa shape index (κ2) is 6.39. The third-order valence-corrected chi connectivity index (χ3v) is 3.20. The van der Waals surface area contributed by atoms with Crippen molar-refractivity contribution in [2.24, 2.45) is 0 Å². The van der Waals surface area contributed by atoms with Gasteiger partial charge in [-0.05, 0) is 51.0 Å². The number of nitrogens with one attached hydrogen (secondary N) is 1. The summed E-state index contributed by atoms with van der Waals surface area (Å²) >= 11 is 0. The number of carbonyl (C=O) groups is 1. The lowest BCUT2D eigenvalue weighted by molar-refractivity contribution is -0.118. The molecule has 1 aromatic carbocycles. The van der Waals surface area contributed by atoms with Gasteiger partial charge in [0.25, 0.3) is 5.91 Å². The summed E-state index contributed by atoms with van der Waals surface area (Å²) in [5.41, 5.74) is 5.06. The highest BCUT2D eigenvalue weighted by atomic mass is 16.5. The number of benzene rings is 1. The van der Waals surface area contributed by atoms with Crippen LogP contribution in [0.2, 0.25) is 0 Å². The van der Waals surface area contributed by atoms with Crippen molar-refractivity contribution in [1.82, 2.24) is 4.98 Å². The minimum atomic E-state index is -0.175. The predicted octanol–water partition coefficient (Wildman–Crippen LogP) is 3.33. The van der Waals surface area contributed by atoms with Gasteiger partial charge in [-0.1, -0.05) is 17.7 Å². The minimum Gasteiger partial charge on any atom is -0.482 e. The van der Waals surface area contributed by atoms with E-state index in [1.165, 1.54) is 5.56 Å². The van der Waals surface area contributed by atoms with Gasteiger partial charge in [-0.2, -0.15) is 0 Å². The number of pyridine rings is 1. The van der Waals surface area contributed by atoms with Crippen LogP contribution in [0.25, 0.3) is 0 Å². The van der Waals surface area contributed by atoms with Crippen molar-refractivity contribution in [3.05, 3.63) is 52.8 Å². The van der Waals surface area contributed by atoms with E-state index in [2.05, 4.69) is 10.3 Å². The molecule has 0 radical (unpaired) electrons. The molecule has 4 nitrogen and oxygen atoms in total. The third kappa shape index (κ3) is 4.05. The van der Waals surface area contributed by atoms with Crippen LogP contribution in [0.5, 0.6) is 5.75 Å². The van der Waals surface area contributed by atoms with Crippen molar-refractivity contribution in [2.75, 3.05) is 11.9 Å². The number of ether oxygens (including phenoxy) is 1. The molecule has 0 spiro atoms. The number of rotatable bonds is 4. The lowest BCUT2D eigenvalue weighted by atomic mass is 10.1. The summed E-state index contributed by atoms with van der Waals surface area (Å²) in [5.74, 6) is 0.415. The van der Waals surface area contributed by atoms with Crippen LogP contribution in [-0.2, 0) is 4.79 Å². The van der Waals surface area contributed by atoms with Crippen molar-refractivity contribution in [3.63, 3.8) is 0 Å². The van der Waals surface area contributed by atoms with E-state index >= 15 is 0 Å². The van der Waals surface area contributed by atoms with Crippen molar-refractivity contribution < 1.29 is 9.53 Å². The average Bonchev–Trinajstić information content (AvgIpc) is 2.42.